The zero-order valence-corrected chi connectivity index (χ0v) is 8.36. The van der Waals surface area contributed by atoms with Gasteiger partial charge in [-0.3, -0.25) is 4.79 Å². The quantitative estimate of drug-likeness (QED) is 0.536. The molecule has 0 unspecified atom stereocenters. The average Bonchev–Trinajstić information content (AvgIpc) is 2.10. The summed E-state index contributed by atoms with van der Waals surface area (Å²) in [5, 5.41) is 4.48. The van der Waals surface area contributed by atoms with Crippen LogP contribution in [0.4, 0.5) is 13.2 Å². The van der Waals surface area contributed by atoms with Crippen molar-refractivity contribution in [3.63, 3.8) is 0 Å². The van der Waals surface area contributed by atoms with E-state index in [4.69, 9.17) is 5.73 Å². The van der Waals surface area contributed by atoms with Gasteiger partial charge in [-0.15, -0.1) is 0 Å². The van der Waals surface area contributed by atoms with Gasteiger partial charge in [0, 0.05) is 6.54 Å². The first-order chi connectivity index (χ1) is 6.95. The first-order valence-electron chi connectivity index (χ1n) is 4.70. The third-order valence-electron chi connectivity index (χ3n) is 1.56. The molecular weight excluding hydrogens is 211 g/mol. The van der Waals surface area contributed by atoms with Gasteiger partial charge in [-0.25, -0.2) is 0 Å². The normalized spacial score (nSPS) is 11.5. The van der Waals surface area contributed by atoms with Crippen molar-refractivity contribution in [3.05, 3.63) is 0 Å². The topological polar surface area (TPSA) is 67.1 Å². The molecule has 0 spiro atoms. The predicted octanol–water partition coefficient (Wildman–Crippen LogP) is -0.00660. The Balaban J connectivity index is 3.34. The zero-order chi connectivity index (χ0) is 11.7. The molecule has 0 aliphatic carbocycles. The molecule has 0 aliphatic heterocycles. The molecule has 0 aromatic rings. The van der Waals surface area contributed by atoms with Crippen molar-refractivity contribution in [2.24, 2.45) is 5.73 Å². The third-order valence-corrected chi connectivity index (χ3v) is 1.56. The smallest absolute Gasteiger partial charge is 0.355 e. The van der Waals surface area contributed by atoms with Crippen LogP contribution in [0.1, 0.15) is 12.8 Å². The molecule has 0 saturated carbocycles. The number of amides is 1. The van der Waals surface area contributed by atoms with Crippen molar-refractivity contribution in [1.29, 1.82) is 0 Å². The van der Waals surface area contributed by atoms with Gasteiger partial charge in [0.25, 0.3) is 0 Å². The second kappa shape index (κ2) is 7.47. The van der Waals surface area contributed by atoms with E-state index in [2.05, 4.69) is 5.32 Å². The first-order valence-corrected chi connectivity index (χ1v) is 4.70. The van der Waals surface area contributed by atoms with Gasteiger partial charge >= 0.3 is 6.18 Å². The molecule has 0 radical (unpaired) electrons. The maximum Gasteiger partial charge on any atom is 0.401 e. The Morgan fingerprint density at radius 2 is 1.93 bits per heavy atom. The minimum absolute atomic E-state index is 0.317. The maximum absolute atomic E-state index is 11.7. The fourth-order valence-corrected chi connectivity index (χ4v) is 0.877. The van der Waals surface area contributed by atoms with Crippen LogP contribution in [0.25, 0.3) is 0 Å². The molecular formula is C8H16F3N3O. The Bertz CT molecular complexity index is 184. The molecule has 0 aromatic carbocycles. The molecule has 4 nitrogen and oxygen atoms in total. The Hall–Kier alpha value is -0.820. The minimum atomic E-state index is -4.28. The standard InChI is InChI=1S/C8H16F3N3O/c9-8(10,11)6-13-5-7(15)14-4-2-1-3-12/h13H,1-6,12H2,(H,14,15). The van der Waals surface area contributed by atoms with Crippen molar-refractivity contribution in [2.45, 2.75) is 19.0 Å². The molecule has 7 heteroatoms. The van der Waals surface area contributed by atoms with E-state index in [0.717, 1.165) is 12.8 Å². The molecule has 0 fully saturated rings. The summed E-state index contributed by atoms with van der Waals surface area (Å²) in [5.74, 6) is -0.434. The summed E-state index contributed by atoms with van der Waals surface area (Å²) in [4.78, 5) is 10.9. The minimum Gasteiger partial charge on any atom is -0.355 e. The molecule has 0 heterocycles. The molecule has 0 bridgehead atoms. The first kappa shape index (κ1) is 14.2. The highest BCUT2D eigenvalue weighted by molar-refractivity contribution is 5.77. The van der Waals surface area contributed by atoms with Crippen LogP contribution in [0.2, 0.25) is 0 Å². The van der Waals surface area contributed by atoms with Gasteiger partial charge in [-0.05, 0) is 19.4 Å². The monoisotopic (exact) mass is 227 g/mol. The molecule has 0 atom stereocenters. The SMILES string of the molecule is NCCCCNC(=O)CNCC(F)(F)F. The zero-order valence-electron chi connectivity index (χ0n) is 8.36. The van der Waals surface area contributed by atoms with Gasteiger partial charge in [-0.1, -0.05) is 0 Å². The number of nitrogens with two attached hydrogens (primary N) is 1. The molecule has 0 aromatic heterocycles. The van der Waals surface area contributed by atoms with Crippen LogP contribution in [-0.2, 0) is 4.79 Å². The lowest BCUT2D eigenvalue weighted by atomic mass is 10.3. The van der Waals surface area contributed by atoms with Crippen LogP contribution in [0.15, 0.2) is 0 Å². The summed E-state index contributed by atoms with van der Waals surface area (Å²) in [6, 6.07) is 0. The van der Waals surface area contributed by atoms with Gasteiger partial charge in [0.15, 0.2) is 0 Å². The Kier molecular flexibility index (Phi) is 7.06. The number of hydrogen-bond acceptors (Lipinski definition) is 3. The van der Waals surface area contributed by atoms with Gasteiger partial charge in [-0.2, -0.15) is 13.2 Å². The van der Waals surface area contributed by atoms with Crippen molar-refractivity contribution >= 4 is 5.91 Å². The number of hydrogen-bond donors (Lipinski definition) is 3. The van der Waals surface area contributed by atoms with E-state index in [1.165, 1.54) is 0 Å². The second-order valence-corrected chi connectivity index (χ2v) is 3.06. The molecule has 1 amide bonds. The highest BCUT2D eigenvalue weighted by Crippen LogP contribution is 2.11. The van der Waals surface area contributed by atoms with E-state index in [0.29, 0.717) is 13.1 Å². The number of carbonyl (C=O) groups excluding carboxylic acids is 1. The van der Waals surface area contributed by atoms with Crippen LogP contribution in [-0.4, -0.2) is 38.3 Å². The van der Waals surface area contributed by atoms with Gasteiger partial charge in [0.2, 0.25) is 5.91 Å². The molecule has 0 rings (SSSR count). The molecule has 0 aliphatic rings. The van der Waals surface area contributed by atoms with Crippen molar-refractivity contribution < 1.29 is 18.0 Å². The summed E-state index contributed by atoms with van der Waals surface area (Å²) in [5.41, 5.74) is 5.22. The number of nitrogens with one attached hydrogen (secondary N) is 2. The van der Waals surface area contributed by atoms with Crippen molar-refractivity contribution in [1.82, 2.24) is 10.6 Å². The summed E-state index contributed by atoms with van der Waals surface area (Å²) >= 11 is 0. The lowest BCUT2D eigenvalue weighted by molar-refractivity contribution is -0.128. The number of halogens is 3. The van der Waals surface area contributed by atoms with Crippen molar-refractivity contribution in [2.75, 3.05) is 26.2 Å². The van der Waals surface area contributed by atoms with Gasteiger partial charge in [0.05, 0.1) is 13.1 Å². The van der Waals surface area contributed by atoms with Crippen LogP contribution < -0.4 is 16.4 Å². The number of rotatable bonds is 7. The van der Waals surface area contributed by atoms with Crippen LogP contribution >= 0.6 is 0 Å². The van der Waals surface area contributed by atoms with E-state index < -0.39 is 18.6 Å². The maximum atomic E-state index is 11.7. The summed E-state index contributed by atoms with van der Waals surface area (Å²) in [6.07, 6.45) is -2.75. The van der Waals surface area contributed by atoms with Gasteiger partial charge < -0.3 is 16.4 Å². The second-order valence-electron chi connectivity index (χ2n) is 3.06. The summed E-state index contributed by atoms with van der Waals surface area (Å²) < 4.78 is 35.0. The largest absolute Gasteiger partial charge is 0.401 e. The highest BCUT2D eigenvalue weighted by Gasteiger charge is 2.26. The number of carbonyl (C=O) groups is 1. The van der Waals surface area contributed by atoms with Gasteiger partial charge in [0.1, 0.15) is 0 Å². The Morgan fingerprint density at radius 1 is 1.27 bits per heavy atom. The Morgan fingerprint density at radius 3 is 2.47 bits per heavy atom. The van der Waals surface area contributed by atoms with E-state index in [9.17, 15) is 18.0 Å². The van der Waals surface area contributed by atoms with E-state index in [1.807, 2.05) is 5.32 Å². The van der Waals surface area contributed by atoms with E-state index in [1.54, 1.807) is 0 Å². The third kappa shape index (κ3) is 11.1. The van der Waals surface area contributed by atoms with Crippen LogP contribution in [0.3, 0.4) is 0 Å². The molecule has 0 saturated heterocycles. The number of alkyl halides is 3. The fraction of sp³-hybridized carbons (Fsp3) is 0.875. The average molecular weight is 227 g/mol. The molecule has 15 heavy (non-hydrogen) atoms. The summed E-state index contributed by atoms with van der Waals surface area (Å²) in [6.45, 7) is -0.475. The van der Waals surface area contributed by atoms with E-state index in [-0.39, 0.29) is 6.54 Å². The highest BCUT2D eigenvalue weighted by atomic mass is 19.4. The van der Waals surface area contributed by atoms with E-state index >= 15 is 0 Å². The van der Waals surface area contributed by atoms with Crippen molar-refractivity contribution in [3.8, 4) is 0 Å². The lowest BCUT2D eigenvalue weighted by Crippen LogP contribution is -2.38. The predicted molar refractivity (Wildman–Crippen MR) is 50.2 cm³/mol. The van der Waals surface area contributed by atoms with Crippen LogP contribution in [0, 0.1) is 0 Å². The van der Waals surface area contributed by atoms with Crippen LogP contribution in [0.5, 0.6) is 0 Å². The Labute approximate surface area is 86.4 Å². The summed E-state index contributed by atoms with van der Waals surface area (Å²) in [7, 11) is 0. The lowest BCUT2D eigenvalue weighted by Gasteiger charge is -2.08. The molecule has 90 valence electrons. The fourth-order valence-electron chi connectivity index (χ4n) is 0.877. The molecule has 4 N–H and O–H groups in total. The number of unbranched alkanes of at least 4 members (excludes halogenated alkanes) is 1.